The maximum Gasteiger partial charge on any atom is 0.482 e. The van der Waals surface area contributed by atoms with E-state index in [9.17, 15) is 22.9 Å². The van der Waals surface area contributed by atoms with Crippen molar-refractivity contribution in [1.29, 1.82) is 0 Å². The van der Waals surface area contributed by atoms with Crippen LogP contribution in [0.5, 0.6) is 0 Å². The van der Waals surface area contributed by atoms with Crippen LogP contribution in [0.15, 0.2) is 0 Å². The van der Waals surface area contributed by atoms with E-state index in [1.807, 2.05) is 0 Å². The Morgan fingerprint density at radius 2 is 2.08 bits per heavy atom. The van der Waals surface area contributed by atoms with Gasteiger partial charge in [0, 0.05) is 8.16 Å². The van der Waals surface area contributed by atoms with Crippen LogP contribution in [0, 0.1) is 5.21 Å². The molecule has 12 heavy (non-hydrogen) atoms. The van der Waals surface area contributed by atoms with Gasteiger partial charge in [0.05, 0.1) is 0 Å². The van der Waals surface area contributed by atoms with E-state index >= 15 is 0 Å². The molecule has 0 saturated carbocycles. The van der Waals surface area contributed by atoms with Crippen molar-refractivity contribution in [2.75, 3.05) is 5.75 Å². The average molecular weight is 221 g/mol. The first-order chi connectivity index (χ1) is 5.17. The molecule has 2 N–H and O–H groups in total. The highest BCUT2D eigenvalue weighted by atomic mass is 32.3. The van der Waals surface area contributed by atoms with Crippen LogP contribution in [-0.2, 0) is 15.1 Å². The van der Waals surface area contributed by atoms with Crippen molar-refractivity contribution in [3.63, 3.8) is 0 Å². The van der Waals surface area contributed by atoms with Gasteiger partial charge in [0.1, 0.15) is 11.9 Å². The lowest BCUT2D eigenvalue weighted by Crippen LogP contribution is -2.32. The molecule has 7 nitrogen and oxygen atoms in total. The summed E-state index contributed by atoms with van der Waals surface area (Å²) in [5, 5.41) is 18.1. The molecule has 1 atom stereocenters. The van der Waals surface area contributed by atoms with Gasteiger partial charge < -0.3 is 10.3 Å². The molecule has 0 spiro atoms. The molecular weight excluding hydrogens is 217 g/mol. The Labute approximate surface area is 70.9 Å². The zero-order valence-electron chi connectivity index (χ0n) is 5.38. The van der Waals surface area contributed by atoms with Crippen LogP contribution >= 0.6 is 11.9 Å². The summed E-state index contributed by atoms with van der Waals surface area (Å²) in [4.78, 5) is 9.76. The third-order valence-corrected chi connectivity index (χ3v) is 2.73. The molecular formula is C2H4FNO6S2. The van der Waals surface area contributed by atoms with Crippen LogP contribution in [-0.4, -0.2) is 33.5 Å². The number of carboxylic acids is 1. The van der Waals surface area contributed by atoms with E-state index in [1.54, 1.807) is 0 Å². The second-order valence-electron chi connectivity index (χ2n) is 1.55. The zero-order chi connectivity index (χ0) is 9.99. The van der Waals surface area contributed by atoms with E-state index in [-0.39, 0.29) is 0 Å². The molecule has 0 rings (SSSR count). The summed E-state index contributed by atoms with van der Waals surface area (Å²) in [6.45, 7) is 0. The van der Waals surface area contributed by atoms with Crippen molar-refractivity contribution in [1.82, 2.24) is 0 Å². The van der Waals surface area contributed by atoms with Crippen LogP contribution in [0.25, 0.3) is 0 Å². The Bertz CT molecular complexity index is 271. The molecule has 0 aromatic rings. The van der Waals surface area contributed by atoms with Crippen molar-refractivity contribution in [2.24, 2.45) is 0 Å². The molecule has 0 heterocycles. The molecule has 10 heteroatoms. The van der Waals surface area contributed by atoms with Gasteiger partial charge in [-0.05, 0) is 0 Å². The predicted octanol–water partition coefficient (Wildman–Crippen LogP) is -0.279. The summed E-state index contributed by atoms with van der Waals surface area (Å²) in [7, 11) is -5.48. The van der Waals surface area contributed by atoms with Gasteiger partial charge >= 0.3 is 16.3 Å². The lowest BCUT2D eigenvalue weighted by atomic mass is 10.8. The number of quaternary nitrogens is 1. The fraction of sp³-hybridized carbons (Fsp3) is 0.500. The van der Waals surface area contributed by atoms with E-state index in [2.05, 4.69) is 0 Å². The lowest BCUT2D eigenvalue weighted by molar-refractivity contribution is -0.779. The number of aliphatic carboxylic acids is 1. The molecule has 0 aliphatic carbocycles. The number of hydrogen-bond acceptors (Lipinski definition) is 5. The summed E-state index contributed by atoms with van der Waals surface area (Å²) in [5.41, 5.74) is 0. The van der Waals surface area contributed by atoms with E-state index in [1.165, 1.54) is 0 Å². The first kappa shape index (κ1) is 11.6. The van der Waals surface area contributed by atoms with Crippen LogP contribution in [0.3, 0.4) is 0 Å². The topological polar surface area (TPSA) is 115 Å². The highest BCUT2D eigenvalue weighted by Gasteiger charge is 2.36. The first-order valence-electron chi connectivity index (χ1n) is 2.30. The summed E-state index contributed by atoms with van der Waals surface area (Å²) in [5.74, 6) is -2.64. The Hall–Kier alpha value is -0.420. The average Bonchev–Trinajstić information content (AvgIpc) is 1.81. The Morgan fingerprint density at radius 3 is 2.33 bits per heavy atom. The van der Waals surface area contributed by atoms with Gasteiger partial charge in [0.25, 0.3) is 0 Å². The van der Waals surface area contributed by atoms with Gasteiger partial charge in [-0.1, -0.05) is 0 Å². The van der Waals surface area contributed by atoms with Crippen LogP contribution < -0.4 is 0 Å². The van der Waals surface area contributed by atoms with Crippen LogP contribution in [0.1, 0.15) is 0 Å². The largest absolute Gasteiger partial charge is 0.563 e. The zero-order valence-corrected chi connectivity index (χ0v) is 7.01. The van der Waals surface area contributed by atoms with Crippen molar-refractivity contribution >= 4 is 28.2 Å². The monoisotopic (exact) mass is 221 g/mol. The van der Waals surface area contributed by atoms with Gasteiger partial charge in [0.15, 0.2) is 5.75 Å². The number of nitrogens with zero attached hydrogens (tertiary/aromatic N) is 1. The summed E-state index contributed by atoms with van der Waals surface area (Å²) >= 11 is -0.628. The molecule has 0 bridgehead atoms. The molecule has 1 unspecified atom stereocenters. The van der Waals surface area contributed by atoms with Crippen molar-refractivity contribution < 1.29 is 31.0 Å². The Morgan fingerprint density at radius 1 is 1.67 bits per heavy atom. The van der Waals surface area contributed by atoms with Crippen molar-refractivity contribution in [3.05, 3.63) is 5.21 Å². The predicted molar refractivity (Wildman–Crippen MR) is 36.4 cm³/mol. The smallest absolute Gasteiger partial charge is 0.482 e. The van der Waals surface area contributed by atoms with E-state index in [0.717, 1.165) is 0 Å². The van der Waals surface area contributed by atoms with Crippen LogP contribution in [0.2, 0.25) is 0 Å². The van der Waals surface area contributed by atoms with Gasteiger partial charge in [-0.15, -0.1) is 8.42 Å². The number of halogens is 1. The number of hydrogen-bond donors (Lipinski definition) is 2. The quantitative estimate of drug-likeness (QED) is 0.290. The maximum absolute atomic E-state index is 12.2. The lowest BCUT2D eigenvalue weighted by Gasteiger charge is -2.19. The standard InChI is InChI=1S/C2H4FNO6S2/c3-4(7,12(8,9)10)11-1-2(5)6/h1H2,(H,5,6)(H,8,9,10). The SMILES string of the molecule is O=C(O)CS[N+]([O-])(F)S(=O)(=O)O. The summed E-state index contributed by atoms with van der Waals surface area (Å²) < 4.78 is 36.3. The molecule has 72 valence electrons. The van der Waals surface area contributed by atoms with Crippen LogP contribution in [0.4, 0.5) is 4.48 Å². The molecule has 0 fully saturated rings. The molecule has 0 saturated heterocycles. The van der Waals surface area contributed by atoms with Crippen molar-refractivity contribution in [3.8, 4) is 0 Å². The minimum atomic E-state index is -5.48. The molecule has 0 amide bonds. The normalized spacial score (nSPS) is 16.9. The number of rotatable bonds is 4. The van der Waals surface area contributed by atoms with E-state index in [4.69, 9.17) is 9.66 Å². The summed E-state index contributed by atoms with van der Waals surface area (Å²) in [6.07, 6.45) is 0. The second-order valence-corrected chi connectivity index (χ2v) is 4.16. The number of carbonyl (C=O) groups is 1. The Kier molecular flexibility index (Phi) is 3.41. The third kappa shape index (κ3) is 3.32. The number of carboxylic acid groups (broad SMARTS) is 1. The second kappa shape index (κ2) is 3.53. The van der Waals surface area contributed by atoms with Crippen molar-refractivity contribution in [2.45, 2.75) is 0 Å². The van der Waals surface area contributed by atoms with Gasteiger partial charge in [-0.2, -0.15) is 0 Å². The molecule has 0 radical (unpaired) electrons. The fourth-order valence-corrected chi connectivity index (χ4v) is 1.15. The van der Waals surface area contributed by atoms with Gasteiger partial charge in [0.2, 0.25) is 0 Å². The third-order valence-electron chi connectivity index (χ3n) is 0.618. The van der Waals surface area contributed by atoms with E-state index in [0.29, 0.717) is 0 Å². The van der Waals surface area contributed by atoms with E-state index < -0.39 is 37.7 Å². The first-order valence-corrected chi connectivity index (χ1v) is 4.64. The molecule has 0 aromatic carbocycles. The highest BCUT2D eigenvalue weighted by molar-refractivity contribution is 8.01. The minimum Gasteiger partial charge on any atom is -0.563 e. The molecule has 0 aliphatic rings. The van der Waals surface area contributed by atoms with Gasteiger partial charge in [-0.3, -0.25) is 4.79 Å². The maximum atomic E-state index is 12.2. The molecule has 0 aromatic heterocycles. The Balaban J connectivity index is 4.35. The fourth-order valence-electron chi connectivity index (χ4n) is 0.199. The minimum absolute atomic E-state index is 0.628. The highest BCUT2D eigenvalue weighted by Crippen LogP contribution is 2.26. The summed E-state index contributed by atoms with van der Waals surface area (Å²) in [6, 6.07) is 0. The molecule has 0 aliphatic heterocycles. The van der Waals surface area contributed by atoms with Gasteiger partial charge in [-0.25, -0.2) is 4.55 Å².